The van der Waals surface area contributed by atoms with E-state index < -0.39 is 0 Å². The average molecular weight is 328 g/mol. The number of hydrogen-bond donors (Lipinski definition) is 2. The minimum absolute atomic E-state index is 0.00901. The van der Waals surface area contributed by atoms with Crippen molar-refractivity contribution in [3.63, 3.8) is 0 Å². The molecule has 2 aromatic rings. The second kappa shape index (κ2) is 7.01. The molecule has 1 saturated heterocycles. The van der Waals surface area contributed by atoms with E-state index in [0.29, 0.717) is 0 Å². The highest BCUT2D eigenvalue weighted by Gasteiger charge is 2.33. The average Bonchev–Trinajstić information content (AvgIpc) is 2.89. The van der Waals surface area contributed by atoms with Crippen LogP contribution in [0.5, 0.6) is 5.75 Å². The monoisotopic (exact) mass is 328 g/mol. The summed E-state index contributed by atoms with van der Waals surface area (Å²) in [7, 11) is 2.01. The topological polar surface area (TPSA) is 52.6 Å². The zero-order valence-corrected chi connectivity index (χ0v) is 13.6. The van der Waals surface area contributed by atoms with Crippen LogP contribution in [-0.2, 0) is 11.2 Å². The zero-order chi connectivity index (χ0) is 17.1. The summed E-state index contributed by atoms with van der Waals surface area (Å²) < 4.78 is 13.1. The Morgan fingerprint density at radius 1 is 1.29 bits per heavy atom. The lowest BCUT2D eigenvalue weighted by Gasteiger charge is -2.26. The molecule has 0 spiro atoms. The molecule has 1 aliphatic heterocycles. The fourth-order valence-corrected chi connectivity index (χ4v) is 3.35. The summed E-state index contributed by atoms with van der Waals surface area (Å²) in [6, 6.07) is 13.2. The van der Waals surface area contributed by atoms with Gasteiger partial charge in [-0.05, 0) is 48.9 Å². The van der Waals surface area contributed by atoms with Gasteiger partial charge in [0.1, 0.15) is 11.6 Å². The van der Waals surface area contributed by atoms with Crippen LogP contribution in [0, 0.1) is 5.82 Å². The van der Waals surface area contributed by atoms with Crippen LogP contribution in [0.1, 0.15) is 23.6 Å². The second-order valence-electron chi connectivity index (χ2n) is 6.29. The van der Waals surface area contributed by atoms with Crippen molar-refractivity contribution in [2.75, 3.05) is 13.6 Å². The van der Waals surface area contributed by atoms with Gasteiger partial charge in [-0.2, -0.15) is 0 Å². The number of nitrogens with zero attached hydrogens (tertiary/aromatic N) is 1. The van der Waals surface area contributed by atoms with E-state index in [0.717, 1.165) is 24.1 Å². The van der Waals surface area contributed by atoms with E-state index in [4.69, 9.17) is 0 Å². The SMILES string of the molecule is CN1CC[C@H](NC(=O)Cc2cccc(O)c2)[C@@H]1c1ccc(F)cc1. The van der Waals surface area contributed by atoms with Gasteiger partial charge in [-0.1, -0.05) is 24.3 Å². The van der Waals surface area contributed by atoms with E-state index in [2.05, 4.69) is 10.2 Å². The number of halogens is 1. The normalized spacial score (nSPS) is 20.9. The number of aromatic hydroxyl groups is 1. The van der Waals surface area contributed by atoms with Gasteiger partial charge in [0.15, 0.2) is 0 Å². The molecule has 4 nitrogen and oxygen atoms in total. The molecule has 0 bridgehead atoms. The second-order valence-corrected chi connectivity index (χ2v) is 6.29. The number of amides is 1. The third-order valence-electron chi connectivity index (χ3n) is 4.48. The highest BCUT2D eigenvalue weighted by atomic mass is 19.1. The highest BCUT2D eigenvalue weighted by Crippen LogP contribution is 2.31. The number of likely N-dealkylation sites (tertiary alicyclic amines) is 1. The number of carbonyl (C=O) groups is 1. The molecule has 1 aliphatic rings. The fourth-order valence-electron chi connectivity index (χ4n) is 3.35. The van der Waals surface area contributed by atoms with E-state index in [-0.39, 0.29) is 36.0 Å². The third kappa shape index (κ3) is 3.74. The van der Waals surface area contributed by atoms with E-state index >= 15 is 0 Å². The lowest BCUT2D eigenvalue weighted by atomic mass is 9.99. The van der Waals surface area contributed by atoms with Crippen LogP contribution in [0.3, 0.4) is 0 Å². The number of phenols is 1. The number of phenolic OH excluding ortho intramolecular Hbond substituents is 1. The van der Waals surface area contributed by atoms with Gasteiger partial charge in [-0.15, -0.1) is 0 Å². The van der Waals surface area contributed by atoms with Crippen LogP contribution >= 0.6 is 0 Å². The van der Waals surface area contributed by atoms with Crippen molar-refractivity contribution in [2.45, 2.75) is 24.9 Å². The molecule has 5 heteroatoms. The van der Waals surface area contributed by atoms with Crippen molar-refractivity contribution in [3.05, 3.63) is 65.5 Å². The van der Waals surface area contributed by atoms with Gasteiger partial charge in [0.25, 0.3) is 0 Å². The van der Waals surface area contributed by atoms with E-state index in [1.807, 2.05) is 13.1 Å². The predicted octanol–water partition coefficient (Wildman–Crippen LogP) is 2.64. The Hall–Kier alpha value is -2.40. The molecule has 0 aliphatic carbocycles. The van der Waals surface area contributed by atoms with Crippen LogP contribution in [0.4, 0.5) is 4.39 Å². The molecule has 3 rings (SSSR count). The first-order valence-electron chi connectivity index (χ1n) is 8.06. The van der Waals surface area contributed by atoms with Gasteiger partial charge in [-0.25, -0.2) is 4.39 Å². The third-order valence-corrected chi connectivity index (χ3v) is 4.48. The van der Waals surface area contributed by atoms with Crippen LogP contribution in [0.2, 0.25) is 0 Å². The molecular weight excluding hydrogens is 307 g/mol. The molecule has 0 aromatic heterocycles. The summed E-state index contributed by atoms with van der Waals surface area (Å²) in [4.78, 5) is 14.5. The zero-order valence-electron chi connectivity index (χ0n) is 13.6. The minimum atomic E-state index is -0.260. The number of rotatable bonds is 4. The fraction of sp³-hybridized carbons (Fsp3) is 0.316. The molecule has 126 valence electrons. The van der Waals surface area contributed by atoms with E-state index in [9.17, 15) is 14.3 Å². The van der Waals surface area contributed by atoms with Crippen molar-refractivity contribution in [2.24, 2.45) is 0 Å². The number of benzene rings is 2. The van der Waals surface area contributed by atoms with Crippen LogP contribution in [0.15, 0.2) is 48.5 Å². The Morgan fingerprint density at radius 2 is 2.04 bits per heavy atom. The Balaban J connectivity index is 1.68. The summed E-state index contributed by atoms with van der Waals surface area (Å²) in [5, 5.41) is 12.6. The molecular formula is C19H21FN2O2. The summed E-state index contributed by atoms with van der Waals surface area (Å²) in [6.45, 7) is 0.874. The van der Waals surface area contributed by atoms with Crippen molar-refractivity contribution in [1.82, 2.24) is 10.2 Å². The van der Waals surface area contributed by atoms with Crippen molar-refractivity contribution >= 4 is 5.91 Å². The highest BCUT2D eigenvalue weighted by molar-refractivity contribution is 5.79. The molecule has 0 radical (unpaired) electrons. The first kappa shape index (κ1) is 16.5. The Morgan fingerprint density at radius 3 is 2.75 bits per heavy atom. The Kier molecular flexibility index (Phi) is 4.81. The molecule has 1 heterocycles. The molecule has 0 unspecified atom stereocenters. The molecule has 2 atom stereocenters. The van der Waals surface area contributed by atoms with Crippen LogP contribution in [-0.4, -0.2) is 35.5 Å². The predicted molar refractivity (Wildman–Crippen MR) is 90.1 cm³/mol. The maximum Gasteiger partial charge on any atom is 0.224 e. The smallest absolute Gasteiger partial charge is 0.224 e. The van der Waals surface area contributed by atoms with Gasteiger partial charge >= 0.3 is 0 Å². The first-order valence-corrected chi connectivity index (χ1v) is 8.06. The molecule has 2 aromatic carbocycles. The molecule has 24 heavy (non-hydrogen) atoms. The summed E-state index contributed by atoms with van der Waals surface area (Å²) in [5.41, 5.74) is 1.77. The number of likely N-dealkylation sites (N-methyl/N-ethyl adjacent to an activating group) is 1. The summed E-state index contributed by atoms with van der Waals surface area (Å²) >= 11 is 0. The number of carbonyl (C=O) groups excluding carboxylic acids is 1. The minimum Gasteiger partial charge on any atom is -0.508 e. The molecule has 2 N–H and O–H groups in total. The van der Waals surface area contributed by atoms with E-state index in [1.165, 1.54) is 12.1 Å². The molecule has 1 fully saturated rings. The Labute approximate surface area is 140 Å². The largest absolute Gasteiger partial charge is 0.508 e. The Bertz CT molecular complexity index is 718. The maximum atomic E-state index is 13.1. The lowest BCUT2D eigenvalue weighted by Crippen LogP contribution is -2.39. The molecule has 1 amide bonds. The van der Waals surface area contributed by atoms with Gasteiger partial charge in [0, 0.05) is 12.6 Å². The summed E-state index contributed by atoms with van der Waals surface area (Å²) in [5.74, 6) is -0.179. The lowest BCUT2D eigenvalue weighted by molar-refractivity contribution is -0.121. The van der Waals surface area contributed by atoms with Gasteiger partial charge < -0.3 is 10.4 Å². The summed E-state index contributed by atoms with van der Waals surface area (Å²) in [6.07, 6.45) is 1.08. The number of nitrogens with one attached hydrogen (secondary N) is 1. The van der Waals surface area contributed by atoms with Gasteiger partial charge in [0.2, 0.25) is 5.91 Å². The first-order chi connectivity index (χ1) is 11.5. The number of hydrogen-bond acceptors (Lipinski definition) is 3. The van der Waals surface area contributed by atoms with Crippen molar-refractivity contribution < 1.29 is 14.3 Å². The van der Waals surface area contributed by atoms with Crippen molar-refractivity contribution in [3.8, 4) is 5.75 Å². The maximum absolute atomic E-state index is 13.1. The van der Waals surface area contributed by atoms with Gasteiger partial charge in [-0.3, -0.25) is 9.69 Å². The van der Waals surface area contributed by atoms with Crippen LogP contribution in [0.25, 0.3) is 0 Å². The molecule has 0 saturated carbocycles. The quantitative estimate of drug-likeness (QED) is 0.907. The van der Waals surface area contributed by atoms with Crippen molar-refractivity contribution in [1.29, 1.82) is 0 Å². The van der Waals surface area contributed by atoms with Gasteiger partial charge in [0.05, 0.1) is 12.5 Å². The van der Waals surface area contributed by atoms with E-state index in [1.54, 1.807) is 30.3 Å². The standard InChI is InChI=1S/C19H21FN2O2/c1-22-10-9-17(19(22)14-5-7-15(20)8-6-14)21-18(24)12-13-3-2-4-16(23)11-13/h2-8,11,17,19,23H,9-10,12H2,1H3,(H,21,24)/t17-,19-/m0/s1. The van der Waals surface area contributed by atoms with Crippen LogP contribution < -0.4 is 5.32 Å².